The topological polar surface area (TPSA) is 37.3 Å². The lowest BCUT2D eigenvalue weighted by Crippen LogP contribution is -1.84. The van der Waals surface area contributed by atoms with Crippen LogP contribution >= 0.6 is 0 Å². The number of aldehydes is 1. The summed E-state index contributed by atoms with van der Waals surface area (Å²) >= 11 is 0. The lowest BCUT2D eigenvalue weighted by Gasteiger charge is -1.98. The average Bonchev–Trinajstić information content (AvgIpc) is 1.95. The zero-order valence-electron chi connectivity index (χ0n) is 5.66. The van der Waals surface area contributed by atoms with E-state index in [0.717, 1.165) is 6.29 Å². The molecule has 0 fully saturated rings. The molecule has 1 aromatic rings. The van der Waals surface area contributed by atoms with Crippen molar-refractivity contribution in [3.63, 3.8) is 0 Å². The van der Waals surface area contributed by atoms with Gasteiger partial charge in [-0.25, -0.2) is 0 Å². The fraction of sp³-hybridized carbons (Fsp3) is 0.125. The van der Waals surface area contributed by atoms with Crippen molar-refractivity contribution in [2.45, 2.75) is 6.92 Å². The highest BCUT2D eigenvalue weighted by atomic mass is 16.3. The molecule has 0 radical (unpaired) electrons. The van der Waals surface area contributed by atoms with E-state index >= 15 is 0 Å². The Morgan fingerprint density at radius 1 is 1.50 bits per heavy atom. The summed E-state index contributed by atoms with van der Waals surface area (Å²) < 4.78 is 0. The highest BCUT2D eigenvalue weighted by molar-refractivity contribution is 5.78. The fourth-order valence-electron chi connectivity index (χ4n) is 0.768. The Hall–Kier alpha value is -1.31. The van der Waals surface area contributed by atoms with Crippen LogP contribution in [0.3, 0.4) is 0 Å². The van der Waals surface area contributed by atoms with Crippen molar-refractivity contribution < 1.29 is 9.90 Å². The molecule has 1 aromatic carbocycles. The van der Waals surface area contributed by atoms with E-state index in [2.05, 4.69) is 0 Å². The zero-order chi connectivity index (χ0) is 7.56. The summed E-state index contributed by atoms with van der Waals surface area (Å²) in [4.78, 5) is 10.3. The number of phenolic OH excluding ortho intramolecular Hbond substituents is 1. The second-order valence-electron chi connectivity index (χ2n) is 2.11. The van der Waals surface area contributed by atoms with Gasteiger partial charge in [-0.05, 0) is 13.0 Å². The zero-order valence-corrected chi connectivity index (χ0v) is 5.66. The third-order valence-electron chi connectivity index (χ3n) is 1.47. The first kappa shape index (κ1) is 6.81. The minimum absolute atomic E-state index is 0.171. The Labute approximate surface area is 59.1 Å². The molecule has 0 saturated carbocycles. The summed E-state index contributed by atoms with van der Waals surface area (Å²) in [7, 11) is 0. The largest absolute Gasteiger partial charge is 0.508 e. The summed E-state index contributed by atoms with van der Waals surface area (Å²) in [6, 6.07) is 4.87. The standard InChI is InChI=1S/C8H8O2/c1-6-7(5-9)3-2-4-8(6)10/h2-5,10H,1H3. The molecule has 0 amide bonds. The van der Waals surface area contributed by atoms with Gasteiger partial charge in [-0.15, -0.1) is 0 Å². The van der Waals surface area contributed by atoms with Crippen molar-refractivity contribution in [2.75, 3.05) is 0 Å². The lowest BCUT2D eigenvalue weighted by atomic mass is 10.1. The van der Waals surface area contributed by atoms with Crippen LogP contribution in [0.25, 0.3) is 0 Å². The van der Waals surface area contributed by atoms with Gasteiger partial charge in [0.25, 0.3) is 0 Å². The van der Waals surface area contributed by atoms with Crippen molar-refractivity contribution in [1.29, 1.82) is 0 Å². The summed E-state index contributed by atoms with van der Waals surface area (Å²) in [5.74, 6) is 0.171. The molecule has 0 unspecified atom stereocenters. The van der Waals surface area contributed by atoms with Crippen LogP contribution in [0.1, 0.15) is 15.9 Å². The van der Waals surface area contributed by atoms with E-state index in [9.17, 15) is 4.79 Å². The van der Waals surface area contributed by atoms with Crippen LogP contribution in [0, 0.1) is 6.92 Å². The molecule has 0 aliphatic rings. The number of hydrogen-bond donors (Lipinski definition) is 1. The van der Waals surface area contributed by atoms with Crippen LogP contribution in [0.5, 0.6) is 5.75 Å². The van der Waals surface area contributed by atoms with Crippen molar-refractivity contribution in [3.05, 3.63) is 29.3 Å². The van der Waals surface area contributed by atoms with E-state index in [4.69, 9.17) is 5.11 Å². The van der Waals surface area contributed by atoms with Gasteiger partial charge in [0.2, 0.25) is 0 Å². The van der Waals surface area contributed by atoms with E-state index in [1.807, 2.05) is 0 Å². The summed E-state index contributed by atoms with van der Waals surface area (Å²) in [6.07, 6.45) is 0.731. The molecule has 52 valence electrons. The number of carbonyl (C=O) groups excluding carboxylic acids is 1. The van der Waals surface area contributed by atoms with Crippen LogP contribution in [-0.2, 0) is 0 Å². The smallest absolute Gasteiger partial charge is 0.150 e. The van der Waals surface area contributed by atoms with E-state index < -0.39 is 0 Å². The number of hydrogen-bond acceptors (Lipinski definition) is 2. The molecule has 0 heterocycles. The molecule has 0 bridgehead atoms. The second kappa shape index (κ2) is 2.52. The summed E-state index contributed by atoms with van der Waals surface area (Å²) in [5, 5.41) is 9.07. The fourth-order valence-corrected chi connectivity index (χ4v) is 0.768. The van der Waals surface area contributed by atoms with Gasteiger partial charge >= 0.3 is 0 Å². The van der Waals surface area contributed by atoms with Crippen LogP contribution in [0.15, 0.2) is 18.2 Å². The molecule has 0 aliphatic carbocycles. The Balaban J connectivity index is 3.27. The number of benzene rings is 1. The van der Waals surface area contributed by atoms with E-state index in [1.54, 1.807) is 25.1 Å². The molecule has 0 saturated heterocycles. The number of phenols is 1. The SMILES string of the molecule is Cc1c(O)cccc1C=O. The molecular formula is C8H8O2. The van der Waals surface area contributed by atoms with Crippen LogP contribution in [-0.4, -0.2) is 11.4 Å². The molecule has 2 nitrogen and oxygen atoms in total. The predicted molar refractivity (Wildman–Crippen MR) is 38.2 cm³/mol. The minimum atomic E-state index is 0.171. The van der Waals surface area contributed by atoms with Gasteiger partial charge in [0, 0.05) is 11.1 Å². The number of aromatic hydroxyl groups is 1. The molecule has 0 aromatic heterocycles. The van der Waals surface area contributed by atoms with Crippen molar-refractivity contribution >= 4 is 6.29 Å². The Bertz CT molecular complexity index is 253. The molecular weight excluding hydrogens is 128 g/mol. The lowest BCUT2D eigenvalue weighted by molar-refractivity contribution is 0.112. The van der Waals surface area contributed by atoms with Gasteiger partial charge in [-0.2, -0.15) is 0 Å². The van der Waals surface area contributed by atoms with Crippen LogP contribution in [0.2, 0.25) is 0 Å². The average molecular weight is 136 g/mol. The van der Waals surface area contributed by atoms with Gasteiger partial charge in [0.15, 0.2) is 0 Å². The van der Waals surface area contributed by atoms with Crippen molar-refractivity contribution in [2.24, 2.45) is 0 Å². The summed E-state index contributed by atoms with van der Waals surface area (Å²) in [5.41, 5.74) is 1.18. The molecule has 0 atom stereocenters. The first-order chi connectivity index (χ1) is 4.75. The quantitative estimate of drug-likeness (QED) is 0.594. The van der Waals surface area contributed by atoms with Gasteiger partial charge < -0.3 is 5.11 Å². The van der Waals surface area contributed by atoms with Crippen molar-refractivity contribution in [1.82, 2.24) is 0 Å². The molecule has 10 heavy (non-hydrogen) atoms. The molecule has 0 spiro atoms. The maximum atomic E-state index is 10.3. The first-order valence-electron chi connectivity index (χ1n) is 2.99. The number of carbonyl (C=O) groups is 1. The maximum absolute atomic E-state index is 10.3. The third kappa shape index (κ3) is 1.00. The van der Waals surface area contributed by atoms with Gasteiger partial charge in [0.05, 0.1) is 0 Å². The summed E-state index contributed by atoms with van der Waals surface area (Å²) in [6.45, 7) is 1.71. The monoisotopic (exact) mass is 136 g/mol. The molecule has 0 aliphatic heterocycles. The molecule has 2 heteroatoms. The van der Waals surface area contributed by atoms with E-state index in [1.165, 1.54) is 0 Å². The van der Waals surface area contributed by atoms with E-state index in [-0.39, 0.29) is 5.75 Å². The van der Waals surface area contributed by atoms with Gasteiger partial charge in [-0.3, -0.25) is 4.79 Å². The van der Waals surface area contributed by atoms with Crippen LogP contribution in [0.4, 0.5) is 0 Å². The van der Waals surface area contributed by atoms with E-state index in [0.29, 0.717) is 11.1 Å². The second-order valence-corrected chi connectivity index (χ2v) is 2.11. The highest BCUT2D eigenvalue weighted by Crippen LogP contribution is 2.17. The normalized spacial score (nSPS) is 9.30. The molecule has 1 rings (SSSR count). The maximum Gasteiger partial charge on any atom is 0.150 e. The van der Waals surface area contributed by atoms with Gasteiger partial charge in [0.1, 0.15) is 12.0 Å². The Morgan fingerprint density at radius 3 is 2.70 bits per heavy atom. The predicted octanol–water partition coefficient (Wildman–Crippen LogP) is 1.51. The van der Waals surface area contributed by atoms with Crippen LogP contribution < -0.4 is 0 Å². The highest BCUT2D eigenvalue weighted by Gasteiger charge is 1.98. The minimum Gasteiger partial charge on any atom is -0.508 e. The van der Waals surface area contributed by atoms with Gasteiger partial charge in [-0.1, -0.05) is 12.1 Å². The first-order valence-corrected chi connectivity index (χ1v) is 2.99. The van der Waals surface area contributed by atoms with Crippen molar-refractivity contribution in [3.8, 4) is 5.75 Å². The Kier molecular flexibility index (Phi) is 1.71. The molecule has 1 N–H and O–H groups in total. The Morgan fingerprint density at radius 2 is 2.20 bits per heavy atom. The number of rotatable bonds is 1. The third-order valence-corrected chi connectivity index (χ3v) is 1.47.